The number of nitrogens with zero attached hydrogens (tertiary/aromatic N) is 1. The summed E-state index contributed by atoms with van der Waals surface area (Å²) >= 11 is 0. The van der Waals surface area contributed by atoms with Crippen LogP contribution in [0, 0.1) is 11.3 Å². The van der Waals surface area contributed by atoms with E-state index in [0.717, 1.165) is 0 Å². The van der Waals surface area contributed by atoms with E-state index in [-0.39, 0.29) is 11.3 Å². The van der Waals surface area contributed by atoms with Crippen molar-refractivity contribution in [2.45, 2.75) is 5.75 Å². The lowest BCUT2D eigenvalue weighted by Gasteiger charge is -2.04. The molecular weight excluding hydrogens is 230 g/mol. The first kappa shape index (κ1) is 12.2. The van der Waals surface area contributed by atoms with Crippen LogP contribution in [0.2, 0.25) is 0 Å². The van der Waals surface area contributed by atoms with Crippen molar-refractivity contribution < 1.29 is 18.3 Å². The molecule has 0 N–H and O–H groups in total. The number of hydrogen-bond donors (Lipinski definition) is 0. The number of aromatic carboxylic acids is 1. The van der Waals surface area contributed by atoms with Crippen LogP contribution >= 0.6 is 0 Å². The molecule has 0 atom stereocenters. The lowest BCUT2D eigenvalue weighted by atomic mass is 10.1. The van der Waals surface area contributed by atoms with E-state index in [4.69, 9.17) is 5.26 Å². The van der Waals surface area contributed by atoms with E-state index >= 15 is 0 Å². The van der Waals surface area contributed by atoms with Gasteiger partial charge in [0.05, 0.1) is 17.8 Å². The summed E-state index contributed by atoms with van der Waals surface area (Å²) in [6.07, 6.45) is 0. The molecule has 6 heteroatoms. The average Bonchev–Trinajstić information content (AvgIpc) is 2.17. The molecule has 0 unspecified atom stereocenters. The van der Waals surface area contributed by atoms with Crippen LogP contribution in [-0.2, 0) is 15.6 Å². The molecule has 0 fully saturated rings. The summed E-state index contributed by atoms with van der Waals surface area (Å²) in [5.41, 5.74) is 0.432. The number of hydrogen-bond acceptors (Lipinski definition) is 5. The maximum atomic E-state index is 11.3. The molecule has 0 heterocycles. The van der Waals surface area contributed by atoms with Crippen molar-refractivity contribution in [2.24, 2.45) is 0 Å². The third-order valence-electron chi connectivity index (χ3n) is 1.86. The van der Waals surface area contributed by atoms with Crippen molar-refractivity contribution in [3.63, 3.8) is 0 Å². The molecule has 0 amide bonds. The maximum absolute atomic E-state index is 11.3. The largest absolute Gasteiger partial charge is 0.545 e. The van der Waals surface area contributed by atoms with Crippen LogP contribution in [0.25, 0.3) is 0 Å². The Balaban J connectivity index is 2.85. The Morgan fingerprint density at radius 1 is 1.31 bits per heavy atom. The molecule has 1 aromatic rings. The quantitative estimate of drug-likeness (QED) is 0.703. The molecule has 0 radical (unpaired) electrons. The molecule has 0 bridgehead atoms. The van der Waals surface area contributed by atoms with Crippen LogP contribution in [0.4, 0.5) is 0 Å². The van der Waals surface area contributed by atoms with E-state index in [0.29, 0.717) is 5.56 Å². The number of carbonyl (C=O) groups is 1. The van der Waals surface area contributed by atoms with Gasteiger partial charge in [0.25, 0.3) is 0 Å². The highest BCUT2D eigenvalue weighted by Gasteiger charge is 2.10. The number of sulfone groups is 1. The third kappa shape index (κ3) is 3.37. The molecule has 0 saturated heterocycles. The van der Waals surface area contributed by atoms with E-state index in [2.05, 4.69) is 0 Å². The Labute approximate surface area is 92.9 Å². The van der Waals surface area contributed by atoms with Gasteiger partial charge in [-0.2, -0.15) is 5.26 Å². The monoisotopic (exact) mass is 238 g/mol. The van der Waals surface area contributed by atoms with Crippen LogP contribution < -0.4 is 5.11 Å². The summed E-state index contributed by atoms with van der Waals surface area (Å²) < 4.78 is 22.5. The lowest BCUT2D eigenvalue weighted by Crippen LogP contribution is -2.22. The van der Waals surface area contributed by atoms with Crippen molar-refractivity contribution in [2.75, 3.05) is 5.75 Å². The van der Waals surface area contributed by atoms with Gasteiger partial charge in [0.1, 0.15) is 5.75 Å². The zero-order valence-corrected chi connectivity index (χ0v) is 9.03. The molecule has 1 rings (SSSR count). The Morgan fingerprint density at radius 2 is 1.88 bits per heavy atom. The predicted molar refractivity (Wildman–Crippen MR) is 53.9 cm³/mol. The second-order valence-corrected chi connectivity index (χ2v) is 5.24. The smallest absolute Gasteiger partial charge is 0.167 e. The Kier molecular flexibility index (Phi) is 3.64. The molecule has 0 spiro atoms. The van der Waals surface area contributed by atoms with Crippen molar-refractivity contribution in [3.8, 4) is 6.07 Å². The van der Waals surface area contributed by atoms with Gasteiger partial charge in [-0.1, -0.05) is 24.3 Å². The molecule has 0 aliphatic carbocycles. The first-order valence-electron chi connectivity index (χ1n) is 4.32. The van der Waals surface area contributed by atoms with Gasteiger partial charge in [0.15, 0.2) is 9.84 Å². The SMILES string of the molecule is N#CCS(=O)(=O)Cc1ccc(C(=O)[O-])cc1. The summed E-state index contributed by atoms with van der Waals surface area (Å²) in [4.78, 5) is 10.4. The minimum Gasteiger partial charge on any atom is -0.545 e. The number of nitriles is 1. The summed E-state index contributed by atoms with van der Waals surface area (Å²) in [6.45, 7) is 0. The van der Waals surface area contributed by atoms with Crippen LogP contribution in [0.3, 0.4) is 0 Å². The molecule has 84 valence electrons. The summed E-state index contributed by atoms with van der Waals surface area (Å²) in [5.74, 6) is -2.13. The van der Waals surface area contributed by atoms with Gasteiger partial charge in [-0.3, -0.25) is 0 Å². The number of carboxylic acids is 1. The molecular formula is C10H8NO4S-. The average molecular weight is 238 g/mol. The van der Waals surface area contributed by atoms with Crippen LogP contribution in [-0.4, -0.2) is 20.1 Å². The standard InChI is InChI=1S/C10H9NO4S/c11-5-6-16(14,15)7-8-1-3-9(4-2-8)10(12)13/h1-4H,6-7H2,(H,12,13)/p-1. The van der Waals surface area contributed by atoms with Gasteiger partial charge in [-0.15, -0.1) is 0 Å². The Hall–Kier alpha value is -1.87. The molecule has 1 aromatic carbocycles. The first-order valence-corrected chi connectivity index (χ1v) is 6.14. The predicted octanol–water partition coefficient (Wildman–Crippen LogP) is -0.512. The summed E-state index contributed by atoms with van der Waals surface area (Å²) in [6, 6.07) is 6.88. The molecule has 16 heavy (non-hydrogen) atoms. The first-order chi connectivity index (χ1) is 7.44. The zero-order chi connectivity index (χ0) is 12.2. The van der Waals surface area contributed by atoms with E-state index in [1.165, 1.54) is 24.3 Å². The van der Waals surface area contributed by atoms with Crippen molar-refractivity contribution in [1.29, 1.82) is 5.26 Å². The van der Waals surface area contributed by atoms with E-state index in [9.17, 15) is 18.3 Å². The molecule has 0 aliphatic heterocycles. The van der Waals surface area contributed by atoms with E-state index in [1.807, 2.05) is 0 Å². The number of carbonyl (C=O) groups excluding carboxylic acids is 1. The molecule has 0 saturated carbocycles. The highest BCUT2D eigenvalue weighted by Crippen LogP contribution is 2.08. The summed E-state index contributed by atoms with van der Waals surface area (Å²) in [7, 11) is -3.44. The number of benzene rings is 1. The van der Waals surface area contributed by atoms with Crippen molar-refractivity contribution >= 4 is 15.8 Å². The number of carboxylic acid groups (broad SMARTS) is 1. The van der Waals surface area contributed by atoms with Crippen molar-refractivity contribution in [1.82, 2.24) is 0 Å². The Bertz CT molecular complexity index is 525. The van der Waals surface area contributed by atoms with Gasteiger partial charge < -0.3 is 9.90 Å². The van der Waals surface area contributed by atoms with Crippen molar-refractivity contribution in [3.05, 3.63) is 35.4 Å². The normalized spacial score (nSPS) is 10.7. The van der Waals surface area contributed by atoms with Crippen LogP contribution in [0.5, 0.6) is 0 Å². The minimum absolute atomic E-state index is 0.0126. The molecule has 0 aromatic heterocycles. The van der Waals surface area contributed by atoms with E-state index in [1.54, 1.807) is 6.07 Å². The Morgan fingerprint density at radius 3 is 2.31 bits per heavy atom. The molecule has 0 aliphatic rings. The van der Waals surface area contributed by atoms with Gasteiger partial charge in [0.2, 0.25) is 0 Å². The molecule has 5 nitrogen and oxygen atoms in total. The lowest BCUT2D eigenvalue weighted by molar-refractivity contribution is -0.255. The van der Waals surface area contributed by atoms with Crippen LogP contribution in [0.1, 0.15) is 15.9 Å². The fourth-order valence-corrected chi connectivity index (χ4v) is 2.14. The van der Waals surface area contributed by atoms with Crippen LogP contribution in [0.15, 0.2) is 24.3 Å². The van der Waals surface area contributed by atoms with Gasteiger partial charge >= 0.3 is 0 Å². The maximum Gasteiger partial charge on any atom is 0.167 e. The zero-order valence-electron chi connectivity index (χ0n) is 8.21. The minimum atomic E-state index is -3.44. The van der Waals surface area contributed by atoms with Gasteiger partial charge in [0, 0.05) is 0 Å². The fraction of sp³-hybridized carbons (Fsp3) is 0.200. The van der Waals surface area contributed by atoms with Gasteiger partial charge in [-0.05, 0) is 11.1 Å². The highest BCUT2D eigenvalue weighted by molar-refractivity contribution is 7.90. The second-order valence-electron chi connectivity index (χ2n) is 3.17. The van der Waals surface area contributed by atoms with E-state index < -0.39 is 21.6 Å². The third-order valence-corrected chi connectivity index (χ3v) is 3.20. The van der Waals surface area contributed by atoms with Gasteiger partial charge in [-0.25, -0.2) is 8.42 Å². The summed E-state index contributed by atoms with van der Waals surface area (Å²) in [5, 5.41) is 18.7. The number of rotatable bonds is 4. The highest BCUT2D eigenvalue weighted by atomic mass is 32.2. The fourth-order valence-electron chi connectivity index (χ4n) is 1.14. The topological polar surface area (TPSA) is 98.1 Å². The second kappa shape index (κ2) is 4.77.